The predicted molar refractivity (Wildman–Crippen MR) is 45.9 cm³/mol. The highest BCUT2D eigenvalue weighted by Crippen LogP contribution is 2.32. The fraction of sp³-hybridized carbons (Fsp3) is 0.250. The van der Waals surface area contributed by atoms with Crippen LogP contribution in [-0.2, 0) is 0 Å². The van der Waals surface area contributed by atoms with E-state index in [9.17, 15) is 18.7 Å². The van der Waals surface area contributed by atoms with Crippen molar-refractivity contribution < 1.29 is 23.4 Å². The Balaban J connectivity index is 3.40. The van der Waals surface area contributed by atoms with Crippen LogP contribution in [0.1, 0.15) is 22.5 Å². The maximum absolute atomic E-state index is 12.4. The average Bonchev–Trinajstić information content (AvgIpc) is 2.17. The topological polar surface area (TPSA) is 85.4 Å². The summed E-state index contributed by atoms with van der Waals surface area (Å²) in [4.78, 5) is 14.2. The van der Waals surface area contributed by atoms with E-state index in [0.717, 1.165) is 6.07 Å². The molecule has 0 aliphatic heterocycles. The van der Waals surface area contributed by atoms with Gasteiger partial charge in [0.25, 0.3) is 12.3 Å². The minimum absolute atomic E-state index is 0.211. The van der Waals surface area contributed by atoms with Gasteiger partial charge < -0.3 is 15.6 Å². The molecule has 0 saturated heterocycles. The van der Waals surface area contributed by atoms with Crippen LogP contribution >= 0.6 is 0 Å². The van der Waals surface area contributed by atoms with Crippen molar-refractivity contribution in [3.8, 4) is 11.6 Å². The first-order chi connectivity index (χ1) is 6.97. The molecule has 1 heterocycles. The zero-order valence-electron chi connectivity index (χ0n) is 7.70. The van der Waals surface area contributed by atoms with Crippen LogP contribution in [0.25, 0.3) is 0 Å². The van der Waals surface area contributed by atoms with Gasteiger partial charge in [-0.1, -0.05) is 0 Å². The number of carbonyl (C=O) groups excluding carboxylic acids is 1. The highest BCUT2D eigenvalue weighted by Gasteiger charge is 2.21. The van der Waals surface area contributed by atoms with Gasteiger partial charge in [-0.05, 0) is 0 Å². The molecular weight excluding hydrogens is 210 g/mol. The van der Waals surface area contributed by atoms with Crippen molar-refractivity contribution in [1.29, 1.82) is 0 Å². The Labute approximate surface area is 83.5 Å². The third kappa shape index (κ3) is 2.12. The van der Waals surface area contributed by atoms with Gasteiger partial charge in [-0.15, -0.1) is 0 Å². The Morgan fingerprint density at radius 1 is 1.67 bits per heavy atom. The van der Waals surface area contributed by atoms with Crippen molar-refractivity contribution >= 4 is 5.91 Å². The van der Waals surface area contributed by atoms with Crippen LogP contribution in [0.2, 0.25) is 0 Å². The molecule has 1 aromatic heterocycles. The molecule has 0 saturated carbocycles. The lowest BCUT2D eigenvalue weighted by molar-refractivity contribution is 0.0990. The van der Waals surface area contributed by atoms with E-state index < -0.39 is 29.3 Å². The number of aromatic hydroxyl groups is 1. The first-order valence-electron chi connectivity index (χ1n) is 3.83. The van der Waals surface area contributed by atoms with Crippen molar-refractivity contribution in [2.45, 2.75) is 6.43 Å². The third-order valence-corrected chi connectivity index (χ3v) is 1.68. The molecule has 1 rings (SSSR count). The van der Waals surface area contributed by atoms with E-state index >= 15 is 0 Å². The van der Waals surface area contributed by atoms with Gasteiger partial charge in [0.2, 0.25) is 5.88 Å². The largest absolute Gasteiger partial charge is 0.505 e. The molecule has 0 fully saturated rings. The van der Waals surface area contributed by atoms with Crippen LogP contribution in [-0.4, -0.2) is 23.1 Å². The van der Waals surface area contributed by atoms with Crippen molar-refractivity contribution in [3.05, 3.63) is 17.3 Å². The molecule has 3 N–H and O–H groups in total. The number of alkyl halides is 2. The van der Waals surface area contributed by atoms with Crippen LogP contribution in [0, 0.1) is 0 Å². The average molecular weight is 218 g/mol. The lowest BCUT2D eigenvalue weighted by Gasteiger charge is -2.08. The van der Waals surface area contributed by atoms with Gasteiger partial charge >= 0.3 is 0 Å². The Morgan fingerprint density at radius 3 is 2.67 bits per heavy atom. The Morgan fingerprint density at radius 2 is 2.27 bits per heavy atom. The molecule has 0 aliphatic rings. The van der Waals surface area contributed by atoms with E-state index in [1.54, 1.807) is 0 Å². The second-order valence-electron chi connectivity index (χ2n) is 2.62. The van der Waals surface area contributed by atoms with Gasteiger partial charge in [0.05, 0.1) is 12.7 Å². The van der Waals surface area contributed by atoms with E-state index in [4.69, 9.17) is 5.73 Å². The molecule has 1 amide bonds. The molecule has 5 nitrogen and oxygen atoms in total. The van der Waals surface area contributed by atoms with Crippen LogP contribution < -0.4 is 10.5 Å². The number of aromatic nitrogens is 1. The number of halogens is 2. The number of nitrogens with two attached hydrogens (primary N) is 1. The quantitative estimate of drug-likeness (QED) is 0.786. The summed E-state index contributed by atoms with van der Waals surface area (Å²) < 4.78 is 29.4. The second-order valence-corrected chi connectivity index (χ2v) is 2.62. The molecular formula is C8H8F2N2O3. The molecule has 0 spiro atoms. The fourth-order valence-electron chi connectivity index (χ4n) is 0.976. The normalized spacial score (nSPS) is 10.4. The number of nitrogens with zero attached hydrogens (tertiary/aromatic N) is 1. The summed E-state index contributed by atoms with van der Waals surface area (Å²) in [5, 5.41) is 9.25. The molecule has 0 bridgehead atoms. The van der Waals surface area contributed by atoms with Gasteiger partial charge in [0.15, 0.2) is 11.4 Å². The zero-order chi connectivity index (χ0) is 11.6. The molecule has 0 aliphatic carbocycles. The molecule has 0 aromatic carbocycles. The van der Waals surface area contributed by atoms with Crippen LogP contribution in [0.3, 0.4) is 0 Å². The zero-order valence-corrected chi connectivity index (χ0v) is 7.70. The highest BCUT2D eigenvalue weighted by atomic mass is 19.3. The summed E-state index contributed by atoms with van der Waals surface area (Å²) in [7, 11) is 1.19. The first-order valence-corrected chi connectivity index (χ1v) is 3.83. The van der Waals surface area contributed by atoms with Gasteiger partial charge in [-0.2, -0.15) is 0 Å². The fourth-order valence-corrected chi connectivity index (χ4v) is 0.976. The maximum atomic E-state index is 12.4. The Hall–Kier alpha value is -1.92. The number of hydrogen-bond donors (Lipinski definition) is 2. The first kappa shape index (κ1) is 11.2. The number of primary amides is 1. The lowest BCUT2D eigenvalue weighted by Crippen LogP contribution is -2.14. The predicted octanol–water partition coefficient (Wildman–Crippen LogP) is 0.832. The number of ether oxygens (including phenoxy) is 1. The highest BCUT2D eigenvalue weighted by molar-refractivity contribution is 5.94. The number of amides is 1. The molecule has 0 atom stereocenters. The molecule has 82 valence electrons. The van der Waals surface area contributed by atoms with Crippen molar-refractivity contribution in [1.82, 2.24) is 4.98 Å². The van der Waals surface area contributed by atoms with E-state index in [0.29, 0.717) is 0 Å². The maximum Gasteiger partial charge on any atom is 0.271 e. The van der Waals surface area contributed by atoms with E-state index in [1.165, 1.54) is 7.11 Å². The monoisotopic (exact) mass is 218 g/mol. The third-order valence-electron chi connectivity index (χ3n) is 1.68. The summed E-state index contributed by atoms with van der Waals surface area (Å²) in [6.07, 6.45) is -2.94. The van der Waals surface area contributed by atoms with Crippen molar-refractivity contribution in [3.63, 3.8) is 0 Å². The molecule has 1 aromatic rings. The minimum Gasteiger partial charge on any atom is -0.505 e. The van der Waals surface area contributed by atoms with Crippen molar-refractivity contribution in [2.75, 3.05) is 7.11 Å². The van der Waals surface area contributed by atoms with Gasteiger partial charge in [0.1, 0.15) is 0 Å². The van der Waals surface area contributed by atoms with Crippen LogP contribution in [0.15, 0.2) is 6.07 Å². The number of carbonyl (C=O) groups is 1. The standard InChI is InChI=1S/C8H8F2N2O3/c1-15-4-2-3(7(9)10)6(13)5(12-4)8(11)14/h2,7,13H,1H3,(H2,11,14). The van der Waals surface area contributed by atoms with Gasteiger partial charge in [0, 0.05) is 6.07 Å². The smallest absolute Gasteiger partial charge is 0.271 e. The summed E-state index contributed by atoms with van der Waals surface area (Å²) in [5.74, 6) is -2.23. The molecule has 15 heavy (non-hydrogen) atoms. The summed E-state index contributed by atoms with van der Waals surface area (Å²) >= 11 is 0. The molecule has 7 heteroatoms. The van der Waals surface area contributed by atoms with E-state index in [2.05, 4.69) is 9.72 Å². The number of hydrogen-bond acceptors (Lipinski definition) is 4. The number of methoxy groups -OCH3 is 1. The Kier molecular flexibility index (Phi) is 3.03. The summed E-state index contributed by atoms with van der Waals surface area (Å²) in [6.45, 7) is 0. The van der Waals surface area contributed by atoms with Crippen LogP contribution in [0.5, 0.6) is 11.6 Å². The second kappa shape index (κ2) is 4.07. The van der Waals surface area contributed by atoms with Gasteiger partial charge in [-0.25, -0.2) is 13.8 Å². The van der Waals surface area contributed by atoms with Gasteiger partial charge in [-0.3, -0.25) is 4.79 Å². The van der Waals surface area contributed by atoms with E-state index in [1.807, 2.05) is 0 Å². The minimum atomic E-state index is -2.94. The van der Waals surface area contributed by atoms with Crippen LogP contribution in [0.4, 0.5) is 8.78 Å². The molecule has 0 unspecified atom stereocenters. The number of pyridine rings is 1. The number of rotatable bonds is 3. The van der Waals surface area contributed by atoms with E-state index in [-0.39, 0.29) is 5.88 Å². The summed E-state index contributed by atoms with van der Waals surface area (Å²) in [5.41, 5.74) is 3.47. The van der Waals surface area contributed by atoms with Crippen molar-refractivity contribution in [2.24, 2.45) is 5.73 Å². The SMILES string of the molecule is COc1cc(C(F)F)c(O)c(C(N)=O)n1. The summed E-state index contributed by atoms with van der Waals surface area (Å²) in [6, 6.07) is 0.840. The Bertz CT molecular complexity index is 396. The molecule has 0 radical (unpaired) electrons. The lowest BCUT2D eigenvalue weighted by atomic mass is 10.2.